The molecule has 0 saturated heterocycles. The molecular formula is C17H12F3NO2S. The minimum atomic E-state index is -4.75. The van der Waals surface area contributed by atoms with Gasteiger partial charge in [0.2, 0.25) is 0 Å². The number of rotatable bonds is 3. The normalized spacial score (nSPS) is 15.0. The number of allylic oxidation sites excluding steroid dienone is 1. The fraction of sp³-hybridized carbons (Fsp3) is 0.118. The lowest BCUT2D eigenvalue weighted by Gasteiger charge is -2.25. The Morgan fingerprint density at radius 2 is 1.67 bits per heavy atom. The molecule has 3 rings (SSSR count). The number of carboxylic acids is 1. The Morgan fingerprint density at radius 1 is 1.04 bits per heavy atom. The van der Waals surface area contributed by atoms with Gasteiger partial charge in [-0.15, -0.1) is 0 Å². The third kappa shape index (κ3) is 2.99. The maximum absolute atomic E-state index is 13.5. The van der Waals surface area contributed by atoms with E-state index in [9.17, 15) is 18.0 Å². The van der Waals surface area contributed by atoms with Crippen LogP contribution in [0.15, 0.2) is 65.2 Å². The fourth-order valence-corrected chi connectivity index (χ4v) is 3.60. The van der Waals surface area contributed by atoms with Crippen LogP contribution in [0.2, 0.25) is 0 Å². The number of thioether (sulfide) groups is 1. The van der Waals surface area contributed by atoms with Gasteiger partial charge >= 0.3 is 12.1 Å². The van der Waals surface area contributed by atoms with E-state index in [0.717, 1.165) is 10.5 Å². The molecule has 1 aliphatic rings. The van der Waals surface area contributed by atoms with Crippen LogP contribution in [0.25, 0.3) is 11.1 Å². The highest BCUT2D eigenvalue weighted by molar-refractivity contribution is 8.04. The summed E-state index contributed by atoms with van der Waals surface area (Å²) in [6.07, 6.45) is -4.75. The maximum atomic E-state index is 13.5. The predicted molar refractivity (Wildman–Crippen MR) is 87.5 cm³/mol. The van der Waals surface area contributed by atoms with Crippen LogP contribution in [-0.4, -0.2) is 23.1 Å². The minimum absolute atomic E-state index is 0.0969. The second-order valence-corrected chi connectivity index (χ2v) is 6.02. The third-order valence-corrected chi connectivity index (χ3v) is 4.61. The van der Waals surface area contributed by atoms with Crippen LogP contribution in [0.5, 0.6) is 0 Å². The van der Waals surface area contributed by atoms with Gasteiger partial charge in [0, 0.05) is 11.3 Å². The highest BCUT2D eigenvalue weighted by atomic mass is 32.2. The number of anilines is 1. The monoisotopic (exact) mass is 351 g/mol. The maximum Gasteiger partial charge on any atom is 0.432 e. The molecule has 3 nitrogen and oxygen atoms in total. The number of hydrogen-bond acceptors (Lipinski definition) is 3. The van der Waals surface area contributed by atoms with Crippen LogP contribution < -0.4 is 4.90 Å². The Balaban J connectivity index is 2.15. The molecule has 2 aromatic rings. The van der Waals surface area contributed by atoms with E-state index in [-0.39, 0.29) is 5.88 Å². The average molecular weight is 351 g/mol. The first-order valence-electron chi connectivity index (χ1n) is 6.99. The molecule has 124 valence electrons. The lowest BCUT2D eigenvalue weighted by Crippen LogP contribution is -2.29. The van der Waals surface area contributed by atoms with Crippen molar-refractivity contribution in [3.8, 4) is 11.1 Å². The van der Waals surface area contributed by atoms with E-state index in [1.165, 1.54) is 0 Å². The molecule has 0 saturated carbocycles. The molecular weight excluding hydrogens is 339 g/mol. The fourth-order valence-electron chi connectivity index (χ4n) is 2.59. The van der Waals surface area contributed by atoms with Gasteiger partial charge in [-0.1, -0.05) is 60.3 Å². The van der Waals surface area contributed by atoms with Gasteiger partial charge in [-0.2, -0.15) is 13.2 Å². The summed E-state index contributed by atoms with van der Waals surface area (Å²) in [6.45, 7) is 0. The molecule has 1 heterocycles. The Labute approximate surface area is 140 Å². The van der Waals surface area contributed by atoms with Crippen molar-refractivity contribution in [1.82, 2.24) is 0 Å². The molecule has 1 N–H and O–H groups in total. The van der Waals surface area contributed by atoms with Crippen LogP contribution in [0.4, 0.5) is 18.9 Å². The lowest BCUT2D eigenvalue weighted by atomic mass is 10.0. The first-order chi connectivity index (χ1) is 11.4. The third-order valence-electron chi connectivity index (χ3n) is 3.57. The summed E-state index contributed by atoms with van der Waals surface area (Å²) in [5, 5.41) is 9.09. The van der Waals surface area contributed by atoms with E-state index in [2.05, 4.69) is 0 Å². The molecule has 0 atom stereocenters. The van der Waals surface area contributed by atoms with Gasteiger partial charge in [-0.05, 0) is 11.6 Å². The van der Waals surface area contributed by atoms with Crippen molar-refractivity contribution in [3.63, 3.8) is 0 Å². The van der Waals surface area contributed by atoms with Crippen molar-refractivity contribution in [3.05, 3.63) is 65.2 Å². The number of alkyl halides is 3. The van der Waals surface area contributed by atoms with E-state index in [1.54, 1.807) is 48.5 Å². The molecule has 1 aliphatic heterocycles. The SMILES string of the molecule is O=C(O)C1=C(C(F)(F)F)N(c2ccccc2-c2ccccc2)CS1. The van der Waals surface area contributed by atoms with Crippen molar-refractivity contribution >= 4 is 23.4 Å². The molecule has 0 bridgehead atoms. The highest BCUT2D eigenvalue weighted by Gasteiger charge is 2.46. The summed E-state index contributed by atoms with van der Waals surface area (Å²) in [5.74, 6) is -1.66. The summed E-state index contributed by atoms with van der Waals surface area (Å²) in [7, 11) is 0. The molecule has 0 radical (unpaired) electrons. The van der Waals surface area contributed by atoms with Crippen LogP contribution in [-0.2, 0) is 4.79 Å². The molecule has 0 aromatic heterocycles. The van der Waals surface area contributed by atoms with Crippen molar-refractivity contribution in [2.45, 2.75) is 6.18 Å². The summed E-state index contributed by atoms with van der Waals surface area (Å²) < 4.78 is 40.4. The molecule has 0 fully saturated rings. The van der Waals surface area contributed by atoms with E-state index in [4.69, 9.17) is 5.11 Å². The molecule has 24 heavy (non-hydrogen) atoms. The standard InChI is InChI=1S/C17H12F3NO2S/c18-17(19,20)15-14(16(22)23)24-10-21(15)13-9-5-4-8-12(13)11-6-2-1-3-7-11/h1-9H,10H2,(H,22,23). The molecule has 7 heteroatoms. The van der Waals surface area contributed by atoms with Gasteiger partial charge < -0.3 is 10.0 Å². The Hall–Kier alpha value is -2.41. The number of halogens is 3. The number of para-hydroxylation sites is 1. The first kappa shape index (κ1) is 16.4. The summed E-state index contributed by atoms with van der Waals surface area (Å²) in [4.78, 5) is 11.5. The lowest BCUT2D eigenvalue weighted by molar-refractivity contribution is -0.133. The summed E-state index contributed by atoms with van der Waals surface area (Å²) in [5.41, 5.74) is 0.596. The van der Waals surface area contributed by atoms with Gasteiger partial charge in [0.1, 0.15) is 10.6 Å². The topological polar surface area (TPSA) is 40.5 Å². The molecule has 0 unspecified atom stereocenters. The van der Waals surface area contributed by atoms with Gasteiger partial charge in [0.05, 0.1) is 5.88 Å². The smallest absolute Gasteiger partial charge is 0.432 e. The average Bonchev–Trinajstić information content (AvgIpc) is 3.01. The zero-order chi connectivity index (χ0) is 17.3. The van der Waals surface area contributed by atoms with E-state index in [0.29, 0.717) is 23.0 Å². The second kappa shape index (κ2) is 6.24. The van der Waals surface area contributed by atoms with Crippen molar-refractivity contribution in [2.75, 3.05) is 10.8 Å². The summed E-state index contributed by atoms with van der Waals surface area (Å²) >= 11 is 0.678. The zero-order valence-corrected chi connectivity index (χ0v) is 13.1. The predicted octanol–water partition coefficient (Wildman–Crippen LogP) is 4.72. The summed E-state index contributed by atoms with van der Waals surface area (Å²) in [6, 6.07) is 15.7. The van der Waals surface area contributed by atoms with Gasteiger partial charge in [-0.3, -0.25) is 0 Å². The molecule has 0 aliphatic carbocycles. The first-order valence-corrected chi connectivity index (χ1v) is 7.97. The van der Waals surface area contributed by atoms with Crippen LogP contribution in [0.1, 0.15) is 0 Å². The van der Waals surface area contributed by atoms with Crippen LogP contribution in [0.3, 0.4) is 0 Å². The van der Waals surface area contributed by atoms with Crippen LogP contribution in [0, 0.1) is 0 Å². The zero-order valence-electron chi connectivity index (χ0n) is 12.2. The number of carbonyl (C=O) groups is 1. The van der Waals surface area contributed by atoms with Crippen LogP contribution >= 0.6 is 11.8 Å². The molecule has 0 spiro atoms. The minimum Gasteiger partial charge on any atom is -0.477 e. The number of carboxylic acid groups (broad SMARTS) is 1. The largest absolute Gasteiger partial charge is 0.477 e. The number of aliphatic carboxylic acids is 1. The van der Waals surface area contributed by atoms with Gasteiger partial charge in [0.25, 0.3) is 0 Å². The van der Waals surface area contributed by atoms with Crippen molar-refractivity contribution in [1.29, 1.82) is 0 Å². The number of hydrogen-bond donors (Lipinski definition) is 1. The Bertz CT molecular complexity index is 803. The molecule has 2 aromatic carbocycles. The number of benzene rings is 2. The van der Waals surface area contributed by atoms with E-state index < -0.39 is 22.7 Å². The Morgan fingerprint density at radius 3 is 2.29 bits per heavy atom. The van der Waals surface area contributed by atoms with E-state index in [1.807, 2.05) is 6.07 Å². The van der Waals surface area contributed by atoms with E-state index >= 15 is 0 Å². The quantitative estimate of drug-likeness (QED) is 0.868. The Kier molecular flexibility index (Phi) is 4.28. The highest BCUT2D eigenvalue weighted by Crippen LogP contribution is 2.46. The van der Waals surface area contributed by atoms with Gasteiger partial charge in [-0.25, -0.2) is 4.79 Å². The van der Waals surface area contributed by atoms with Crippen molar-refractivity contribution in [2.24, 2.45) is 0 Å². The second-order valence-electron chi connectivity index (χ2n) is 5.07. The van der Waals surface area contributed by atoms with Gasteiger partial charge in [0.15, 0.2) is 0 Å². The number of nitrogens with zero attached hydrogens (tertiary/aromatic N) is 1. The molecule has 0 amide bonds. The van der Waals surface area contributed by atoms with Crippen molar-refractivity contribution < 1.29 is 23.1 Å².